The average Bonchev–Trinajstić information content (AvgIpc) is 2.21. The normalized spacial score (nSPS) is 34.9. The minimum absolute atomic E-state index is 0.106. The van der Waals surface area contributed by atoms with Gasteiger partial charge in [0, 0.05) is 6.42 Å². The second-order valence-electron chi connectivity index (χ2n) is 5.65. The molecule has 1 aliphatic rings. The summed E-state index contributed by atoms with van der Waals surface area (Å²) >= 11 is 0. The molecule has 0 spiro atoms. The highest BCUT2D eigenvalue weighted by molar-refractivity contribution is 4.81. The minimum atomic E-state index is -0.814. The summed E-state index contributed by atoms with van der Waals surface area (Å²) in [5, 5.41) is 19.3. The molecule has 0 bridgehead atoms. The van der Waals surface area contributed by atoms with Crippen LogP contribution in [0.25, 0.3) is 0 Å². The molecule has 0 unspecified atom stereocenters. The van der Waals surface area contributed by atoms with E-state index >= 15 is 0 Å². The quantitative estimate of drug-likeness (QED) is 0.790. The van der Waals surface area contributed by atoms with Crippen LogP contribution in [0.2, 0.25) is 0 Å². The van der Waals surface area contributed by atoms with E-state index in [0.717, 1.165) is 0 Å². The summed E-state index contributed by atoms with van der Waals surface area (Å²) in [6.45, 7) is 10.2. The first-order chi connectivity index (χ1) is 7.82. The van der Waals surface area contributed by atoms with Gasteiger partial charge in [0.2, 0.25) is 0 Å². The summed E-state index contributed by atoms with van der Waals surface area (Å²) < 4.78 is 11.5. The molecule has 4 heteroatoms. The largest absolute Gasteiger partial charge is 0.390 e. The number of rotatable bonds is 4. The van der Waals surface area contributed by atoms with Crippen LogP contribution in [-0.4, -0.2) is 40.9 Å². The lowest BCUT2D eigenvalue weighted by Crippen LogP contribution is -2.49. The molecule has 0 amide bonds. The molecule has 1 rings (SSSR count). The summed E-state index contributed by atoms with van der Waals surface area (Å²) in [6, 6.07) is 0. The Labute approximate surface area is 104 Å². The predicted octanol–water partition coefficient (Wildman–Crippen LogP) is 1.54. The Morgan fingerprint density at radius 3 is 2.06 bits per heavy atom. The van der Waals surface area contributed by atoms with Crippen molar-refractivity contribution in [1.29, 1.82) is 0 Å². The van der Waals surface area contributed by atoms with Crippen LogP contribution < -0.4 is 0 Å². The lowest BCUT2D eigenvalue weighted by atomic mass is 9.96. The van der Waals surface area contributed by atoms with Crippen LogP contribution in [0.15, 0.2) is 0 Å². The average molecular weight is 246 g/mol. The molecular formula is C13H26O4. The molecule has 0 radical (unpaired) electrons. The van der Waals surface area contributed by atoms with E-state index in [9.17, 15) is 10.2 Å². The molecule has 1 aliphatic heterocycles. The van der Waals surface area contributed by atoms with Gasteiger partial charge in [0.05, 0.1) is 18.3 Å². The van der Waals surface area contributed by atoms with Crippen molar-refractivity contribution in [3.05, 3.63) is 0 Å². The third-order valence-electron chi connectivity index (χ3n) is 3.30. The van der Waals surface area contributed by atoms with Crippen molar-refractivity contribution in [2.24, 2.45) is 11.8 Å². The van der Waals surface area contributed by atoms with Gasteiger partial charge >= 0.3 is 0 Å². The van der Waals surface area contributed by atoms with Crippen LogP contribution >= 0.6 is 0 Å². The predicted molar refractivity (Wildman–Crippen MR) is 65.5 cm³/mol. The Bertz CT molecular complexity index is 209. The van der Waals surface area contributed by atoms with Crippen molar-refractivity contribution < 1.29 is 19.7 Å². The molecule has 0 aromatic carbocycles. The molecule has 17 heavy (non-hydrogen) atoms. The molecule has 0 aliphatic carbocycles. The third kappa shape index (κ3) is 3.91. The summed E-state index contributed by atoms with van der Waals surface area (Å²) in [6.07, 6.45) is -1.94. The fraction of sp³-hybridized carbons (Fsp3) is 1.00. The van der Waals surface area contributed by atoms with Crippen molar-refractivity contribution in [1.82, 2.24) is 0 Å². The van der Waals surface area contributed by atoms with Crippen LogP contribution in [-0.2, 0) is 9.47 Å². The molecule has 1 saturated heterocycles. The van der Waals surface area contributed by atoms with E-state index in [1.165, 1.54) is 0 Å². The number of hydrogen-bond donors (Lipinski definition) is 2. The number of aliphatic hydroxyl groups is 2. The molecule has 4 nitrogen and oxygen atoms in total. The monoisotopic (exact) mass is 246 g/mol. The Hall–Kier alpha value is -0.160. The molecule has 0 aromatic rings. The van der Waals surface area contributed by atoms with E-state index in [-0.39, 0.29) is 12.2 Å². The van der Waals surface area contributed by atoms with E-state index in [1.807, 2.05) is 0 Å². The minimum Gasteiger partial charge on any atom is -0.390 e. The van der Waals surface area contributed by atoms with Gasteiger partial charge in [-0.1, -0.05) is 27.7 Å². The number of aliphatic hydroxyl groups excluding tert-OH is 2. The van der Waals surface area contributed by atoms with E-state index in [0.29, 0.717) is 18.3 Å². The second kappa shape index (κ2) is 6.14. The highest BCUT2D eigenvalue weighted by Gasteiger charge is 2.36. The zero-order valence-corrected chi connectivity index (χ0v) is 11.5. The fourth-order valence-electron chi connectivity index (χ4n) is 2.37. The Balaban J connectivity index is 2.56. The van der Waals surface area contributed by atoms with Crippen LogP contribution in [0.1, 0.15) is 41.0 Å². The first-order valence-corrected chi connectivity index (χ1v) is 6.50. The smallest absolute Gasteiger partial charge is 0.161 e. The van der Waals surface area contributed by atoms with Crippen molar-refractivity contribution in [3.8, 4) is 0 Å². The van der Waals surface area contributed by atoms with Gasteiger partial charge in [-0.05, 0) is 18.8 Å². The first-order valence-electron chi connectivity index (χ1n) is 6.50. The molecule has 2 N–H and O–H groups in total. The van der Waals surface area contributed by atoms with Crippen molar-refractivity contribution >= 4 is 0 Å². The van der Waals surface area contributed by atoms with Gasteiger partial charge in [-0.25, -0.2) is 0 Å². The van der Waals surface area contributed by atoms with E-state index in [1.54, 1.807) is 6.92 Å². The highest BCUT2D eigenvalue weighted by atomic mass is 16.7. The van der Waals surface area contributed by atoms with Crippen molar-refractivity contribution in [2.45, 2.75) is 71.7 Å². The summed E-state index contributed by atoms with van der Waals surface area (Å²) in [7, 11) is 0. The maximum atomic E-state index is 9.70. The van der Waals surface area contributed by atoms with Crippen LogP contribution in [0.3, 0.4) is 0 Å². The molecule has 1 heterocycles. The van der Waals surface area contributed by atoms with Gasteiger partial charge in [0.15, 0.2) is 6.29 Å². The molecular weight excluding hydrogens is 220 g/mol. The van der Waals surface area contributed by atoms with Gasteiger partial charge in [-0.3, -0.25) is 0 Å². The van der Waals surface area contributed by atoms with Crippen molar-refractivity contribution in [2.75, 3.05) is 0 Å². The van der Waals surface area contributed by atoms with Gasteiger partial charge in [-0.2, -0.15) is 0 Å². The molecule has 102 valence electrons. The topological polar surface area (TPSA) is 58.9 Å². The SMILES string of the molecule is CC(C)C(O[C@H]1C[C@@H](O)[C@H](O)[C@@H](C)O1)C(C)C. The van der Waals surface area contributed by atoms with Gasteiger partial charge < -0.3 is 19.7 Å². The summed E-state index contributed by atoms with van der Waals surface area (Å²) in [5.41, 5.74) is 0. The zero-order valence-electron chi connectivity index (χ0n) is 11.5. The molecule has 4 atom stereocenters. The summed E-state index contributed by atoms with van der Waals surface area (Å²) in [4.78, 5) is 0. The maximum Gasteiger partial charge on any atom is 0.161 e. The Kier molecular flexibility index (Phi) is 5.38. The molecule has 0 aromatic heterocycles. The van der Waals surface area contributed by atoms with E-state index in [4.69, 9.17) is 9.47 Å². The maximum absolute atomic E-state index is 9.70. The molecule has 0 saturated carbocycles. The van der Waals surface area contributed by atoms with Gasteiger partial charge in [0.25, 0.3) is 0 Å². The van der Waals surface area contributed by atoms with E-state index < -0.39 is 18.5 Å². The van der Waals surface area contributed by atoms with Gasteiger partial charge in [0.1, 0.15) is 6.10 Å². The van der Waals surface area contributed by atoms with Gasteiger partial charge in [-0.15, -0.1) is 0 Å². The highest BCUT2D eigenvalue weighted by Crippen LogP contribution is 2.25. The number of hydrogen-bond acceptors (Lipinski definition) is 4. The summed E-state index contributed by atoms with van der Waals surface area (Å²) in [5.74, 6) is 0.802. The first kappa shape index (κ1) is 14.9. The standard InChI is InChI=1S/C13H26O4/c1-7(2)13(8(3)4)17-11-6-10(14)12(15)9(5)16-11/h7-15H,6H2,1-5H3/t9-,10-,11+,12-/m1/s1. The number of ether oxygens (including phenoxy) is 2. The Morgan fingerprint density at radius 1 is 1.12 bits per heavy atom. The zero-order chi connectivity index (χ0) is 13.2. The van der Waals surface area contributed by atoms with Crippen molar-refractivity contribution in [3.63, 3.8) is 0 Å². The van der Waals surface area contributed by atoms with Crippen LogP contribution in [0.5, 0.6) is 0 Å². The lowest BCUT2D eigenvalue weighted by Gasteiger charge is -2.38. The van der Waals surface area contributed by atoms with E-state index in [2.05, 4.69) is 27.7 Å². The molecule has 1 fully saturated rings. The van der Waals surface area contributed by atoms with Crippen LogP contribution in [0.4, 0.5) is 0 Å². The Morgan fingerprint density at radius 2 is 1.65 bits per heavy atom. The third-order valence-corrected chi connectivity index (χ3v) is 3.30. The lowest BCUT2D eigenvalue weighted by molar-refractivity contribution is -0.268. The van der Waals surface area contributed by atoms with Crippen LogP contribution in [0, 0.1) is 11.8 Å². The fourth-order valence-corrected chi connectivity index (χ4v) is 2.37. The second-order valence-corrected chi connectivity index (χ2v) is 5.65.